The maximum Gasteiger partial charge on any atom is 0.436 e. The number of aromatic nitrogens is 4. The number of carbonyl (C=O) groups excluding carboxylic acids is 1. The fourth-order valence-electron chi connectivity index (χ4n) is 4.26. The van der Waals surface area contributed by atoms with Gasteiger partial charge in [0.1, 0.15) is 11.9 Å². The molecule has 0 unspecified atom stereocenters. The van der Waals surface area contributed by atoms with Crippen molar-refractivity contribution >= 4 is 5.91 Å². The van der Waals surface area contributed by atoms with E-state index in [2.05, 4.69) is 10.1 Å². The quantitative estimate of drug-likeness (QED) is 0.587. The van der Waals surface area contributed by atoms with E-state index in [1.165, 1.54) is 0 Å². The number of alkyl halides is 8. The third kappa shape index (κ3) is 4.74. The highest BCUT2D eigenvalue weighted by Gasteiger charge is 2.50. The maximum absolute atomic E-state index is 14.4. The summed E-state index contributed by atoms with van der Waals surface area (Å²) in [6, 6.07) is -0.975. The summed E-state index contributed by atoms with van der Waals surface area (Å²) in [7, 11) is 0. The molecule has 0 saturated carbocycles. The van der Waals surface area contributed by atoms with Crippen molar-refractivity contribution in [3.8, 4) is 0 Å². The van der Waals surface area contributed by atoms with Gasteiger partial charge in [-0.05, 0) is 12.5 Å². The van der Waals surface area contributed by atoms with Gasteiger partial charge in [0.2, 0.25) is 5.91 Å². The van der Waals surface area contributed by atoms with E-state index in [9.17, 15) is 49.1 Å². The average molecular weight is 517 g/mol. The second kappa shape index (κ2) is 8.26. The largest absolute Gasteiger partial charge is 0.436 e. The Morgan fingerprint density at radius 3 is 2.43 bits per heavy atom. The molecule has 35 heavy (non-hydrogen) atoms. The number of hydrogen-bond donors (Lipinski definition) is 0. The third-order valence-electron chi connectivity index (χ3n) is 5.98. The fourth-order valence-corrected chi connectivity index (χ4v) is 4.26. The minimum absolute atomic E-state index is 0.431. The Morgan fingerprint density at radius 2 is 1.86 bits per heavy atom. The minimum Gasteiger partial charge on any atom is -0.335 e. The first kappa shape index (κ1) is 25.0. The zero-order valence-corrected chi connectivity index (χ0v) is 17.5. The van der Waals surface area contributed by atoms with Crippen molar-refractivity contribution in [2.75, 3.05) is 13.1 Å². The second-order valence-electron chi connectivity index (χ2n) is 8.42. The van der Waals surface area contributed by atoms with E-state index in [1.807, 2.05) is 0 Å². The summed E-state index contributed by atoms with van der Waals surface area (Å²) in [5.74, 6) is -8.80. The molecular formula is C19H16F9N5O2. The summed E-state index contributed by atoms with van der Waals surface area (Å²) in [6.45, 7) is -2.35. The smallest absolute Gasteiger partial charge is 0.335 e. The van der Waals surface area contributed by atoms with Crippen LogP contribution in [-0.2, 0) is 23.9 Å². The summed E-state index contributed by atoms with van der Waals surface area (Å²) in [5.41, 5.74) is -3.71. The molecule has 4 rings (SSSR count). The molecule has 16 heteroatoms. The number of halogens is 9. The highest BCUT2D eigenvalue weighted by molar-refractivity contribution is 5.81. The first-order chi connectivity index (χ1) is 16.1. The summed E-state index contributed by atoms with van der Waals surface area (Å²) in [6.07, 6.45) is -11.8. The number of amides is 1. The van der Waals surface area contributed by atoms with E-state index < -0.39 is 104 Å². The van der Waals surface area contributed by atoms with E-state index in [-0.39, 0.29) is 0 Å². The van der Waals surface area contributed by atoms with Crippen LogP contribution >= 0.6 is 0 Å². The molecule has 0 spiro atoms. The molecule has 2 aliphatic rings. The Hall–Kier alpha value is -3.07. The second-order valence-corrected chi connectivity index (χ2v) is 8.42. The van der Waals surface area contributed by atoms with Crippen LogP contribution in [0.5, 0.6) is 0 Å². The van der Waals surface area contributed by atoms with Crippen molar-refractivity contribution in [3.05, 3.63) is 45.6 Å². The molecular weight excluding hydrogens is 501 g/mol. The molecule has 7 nitrogen and oxygen atoms in total. The SMILES string of the molecule is O=C([C@H]1C[C@@H](C(F)(F)F)Cc2nn(Cc3ccnc(C(F)(F)F)c3F)c(=O)n21)N1CCC(F)(F)C1. The van der Waals surface area contributed by atoms with Crippen molar-refractivity contribution < 1.29 is 44.3 Å². The molecule has 4 heterocycles. The van der Waals surface area contributed by atoms with Crippen molar-refractivity contribution in [2.24, 2.45) is 5.92 Å². The Kier molecular flexibility index (Phi) is 5.91. The summed E-state index contributed by atoms with van der Waals surface area (Å²) in [4.78, 5) is 29.4. The Bertz CT molecular complexity index is 1200. The molecule has 0 N–H and O–H groups in total. The Labute approximate surface area is 190 Å². The highest BCUT2D eigenvalue weighted by atomic mass is 19.4. The van der Waals surface area contributed by atoms with Gasteiger partial charge in [-0.15, -0.1) is 0 Å². The monoisotopic (exact) mass is 517 g/mol. The van der Waals surface area contributed by atoms with Gasteiger partial charge in [0.05, 0.1) is 19.0 Å². The molecule has 0 bridgehead atoms. The number of fused-ring (bicyclic) bond motifs is 1. The van der Waals surface area contributed by atoms with Crippen LogP contribution in [0.1, 0.15) is 36.0 Å². The number of likely N-dealkylation sites (tertiary alicyclic amines) is 1. The van der Waals surface area contributed by atoms with Gasteiger partial charge in [-0.3, -0.25) is 9.36 Å². The molecule has 1 fully saturated rings. The normalized spacial score (nSPS) is 22.4. The lowest BCUT2D eigenvalue weighted by Gasteiger charge is -2.32. The molecule has 2 atom stereocenters. The highest BCUT2D eigenvalue weighted by Crippen LogP contribution is 2.40. The lowest BCUT2D eigenvalue weighted by molar-refractivity contribution is -0.183. The zero-order valence-electron chi connectivity index (χ0n) is 17.5. The first-order valence-corrected chi connectivity index (χ1v) is 10.2. The van der Waals surface area contributed by atoms with Crippen molar-refractivity contribution in [1.29, 1.82) is 0 Å². The number of carbonyl (C=O) groups is 1. The van der Waals surface area contributed by atoms with Gasteiger partial charge in [-0.1, -0.05) is 0 Å². The Balaban J connectivity index is 1.73. The third-order valence-corrected chi connectivity index (χ3v) is 5.98. The van der Waals surface area contributed by atoms with Crippen LogP contribution in [-0.4, -0.2) is 55.3 Å². The van der Waals surface area contributed by atoms with Gasteiger partial charge < -0.3 is 4.90 Å². The molecule has 2 aromatic heterocycles. The zero-order chi connectivity index (χ0) is 25.9. The fraction of sp³-hybridized carbons (Fsp3) is 0.579. The lowest BCUT2D eigenvalue weighted by Crippen LogP contribution is -2.46. The molecule has 2 aliphatic heterocycles. The van der Waals surface area contributed by atoms with E-state index in [1.54, 1.807) is 0 Å². The number of rotatable bonds is 3. The van der Waals surface area contributed by atoms with Crippen LogP contribution in [0.25, 0.3) is 0 Å². The molecule has 0 aliphatic carbocycles. The van der Waals surface area contributed by atoms with Crippen LogP contribution in [0, 0.1) is 11.7 Å². The van der Waals surface area contributed by atoms with Gasteiger partial charge in [0.15, 0.2) is 11.5 Å². The van der Waals surface area contributed by atoms with Crippen LogP contribution in [0.2, 0.25) is 0 Å². The van der Waals surface area contributed by atoms with Crippen LogP contribution in [0.15, 0.2) is 17.1 Å². The van der Waals surface area contributed by atoms with Gasteiger partial charge in [-0.2, -0.15) is 31.4 Å². The summed E-state index contributed by atoms with van der Waals surface area (Å²) >= 11 is 0. The average Bonchev–Trinajstić information content (AvgIpc) is 3.26. The maximum atomic E-state index is 14.4. The van der Waals surface area contributed by atoms with E-state index in [4.69, 9.17) is 0 Å². The molecule has 2 aromatic rings. The van der Waals surface area contributed by atoms with Crippen LogP contribution in [0.4, 0.5) is 39.5 Å². The number of hydrogen-bond acceptors (Lipinski definition) is 4. The van der Waals surface area contributed by atoms with E-state index in [0.717, 1.165) is 6.07 Å². The molecule has 192 valence electrons. The van der Waals surface area contributed by atoms with Gasteiger partial charge in [-0.25, -0.2) is 27.6 Å². The molecule has 0 aromatic carbocycles. The Morgan fingerprint density at radius 1 is 1.17 bits per heavy atom. The number of nitrogens with zero attached hydrogens (tertiary/aromatic N) is 5. The molecule has 1 amide bonds. The molecule has 1 saturated heterocycles. The minimum atomic E-state index is -5.15. The van der Waals surface area contributed by atoms with Gasteiger partial charge >= 0.3 is 18.0 Å². The predicted molar refractivity (Wildman–Crippen MR) is 97.8 cm³/mol. The van der Waals surface area contributed by atoms with Crippen LogP contribution in [0.3, 0.4) is 0 Å². The van der Waals surface area contributed by atoms with Crippen molar-refractivity contribution in [2.45, 2.75) is 50.1 Å². The van der Waals surface area contributed by atoms with Crippen LogP contribution < -0.4 is 5.69 Å². The van der Waals surface area contributed by atoms with Gasteiger partial charge in [0, 0.05) is 31.1 Å². The number of pyridine rings is 1. The van der Waals surface area contributed by atoms with Gasteiger partial charge in [0.25, 0.3) is 5.92 Å². The first-order valence-electron chi connectivity index (χ1n) is 10.2. The van der Waals surface area contributed by atoms with E-state index >= 15 is 0 Å². The summed E-state index contributed by atoms with van der Waals surface area (Å²) < 4.78 is 122. The summed E-state index contributed by atoms with van der Waals surface area (Å²) in [5, 5.41) is 3.71. The van der Waals surface area contributed by atoms with E-state index in [0.29, 0.717) is 20.3 Å². The topological polar surface area (TPSA) is 73.0 Å². The standard InChI is InChI=1S/C19H16F9N5O2/c20-13-9(1-3-29-14(13)19(26,27)28)7-32-16(35)33-11(15(34)31-4-2-17(21,22)8-31)5-10(18(23,24)25)6-12(33)30-32/h1,3,10-11H,2,4-8H2/t10-,11-/m1/s1. The van der Waals surface area contributed by atoms with Crippen molar-refractivity contribution in [3.63, 3.8) is 0 Å². The lowest BCUT2D eigenvalue weighted by atomic mass is 9.91. The predicted octanol–water partition coefficient (Wildman–Crippen LogP) is 3.18. The van der Waals surface area contributed by atoms with Crippen molar-refractivity contribution in [1.82, 2.24) is 24.2 Å². The molecule has 0 radical (unpaired) electrons.